The van der Waals surface area contributed by atoms with E-state index in [1.165, 1.54) is 5.69 Å². The summed E-state index contributed by atoms with van der Waals surface area (Å²) in [5.41, 5.74) is 1.83. The first-order chi connectivity index (χ1) is 13.5. The number of hydrogen-bond acceptors (Lipinski definition) is 4. The van der Waals surface area contributed by atoms with Gasteiger partial charge >= 0.3 is 0 Å². The summed E-state index contributed by atoms with van der Waals surface area (Å²) in [7, 11) is 0. The summed E-state index contributed by atoms with van der Waals surface area (Å²) in [6, 6.07) is 8.11. The Morgan fingerprint density at radius 3 is 2.43 bits per heavy atom. The van der Waals surface area contributed by atoms with E-state index < -0.39 is 5.41 Å². The molecule has 1 saturated carbocycles. The SMILES string of the molecule is CC(C)N1C(=O)C2(CCCC2)C1C(=O)NCc1ccc(N2CCOCC2)cc1. The number of hydrogen-bond donors (Lipinski definition) is 1. The minimum absolute atomic E-state index is 0.00699. The average molecular weight is 386 g/mol. The normalized spacial score (nSPS) is 24.0. The number of benzene rings is 1. The second-order valence-corrected chi connectivity index (χ2v) is 8.56. The Morgan fingerprint density at radius 1 is 1.18 bits per heavy atom. The van der Waals surface area contributed by atoms with E-state index in [0.29, 0.717) is 6.54 Å². The van der Waals surface area contributed by atoms with E-state index in [1.807, 2.05) is 13.8 Å². The summed E-state index contributed by atoms with van der Waals surface area (Å²) in [5.74, 6) is 0.169. The van der Waals surface area contributed by atoms with Crippen LogP contribution >= 0.6 is 0 Å². The fourth-order valence-electron chi connectivity index (χ4n) is 5.03. The Morgan fingerprint density at radius 2 is 1.82 bits per heavy atom. The second kappa shape index (κ2) is 7.74. The molecule has 1 spiro atoms. The van der Waals surface area contributed by atoms with Crippen molar-refractivity contribution in [3.05, 3.63) is 29.8 Å². The maximum atomic E-state index is 13.0. The highest BCUT2D eigenvalue weighted by Gasteiger charge is 2.64. The average Bonchev–Trinajstić information content (AvgIpc) is 3.23. The van der Waals surface area contributed by atoms with Crippen molar-refractivity contribution < 1.29 is 14.3 Å². The quantitative estimate of drug-likeness (QED) is 0.790. The van der Waals surface area contributed by atoms with Crippen molar-refractivity contribution in [2.24, 2.45) is 5.41 Å². The Balaban J connectivity index is 1.38. The van der Waals surface area contributed by atoms with Gasteiger partial charge in [0.25, 0.3) is 0 Å². The number of nitrogens with zero attached hydrogens (tertiary/aromatic N) is 2. The number of morpholine rings is 1. The number of rotatable bonds is 5. The third-order valence-electron chi connectivity index (χ3n) is 6.54. The molecule has 0 aromatic heterocycles. The lowest BCUT2D eigenvalue weighted by Gasteiger charge is -2.55. The lowest BCUT2D eigenvalue weighted by molar-refractivity contribution is -0.181. The molecule has 3 aliphatic rings. The molecule has 2 amide bonds. The number of likely N-dealkylation sites (tertiary alicyclic amines) is 1. The van der Waals surface area contributed by atoms with Gasteiger partial charge in [0.1, 0.15) is 6.04 Å². The predicted octanol–water partition coefficient (Wildman–Crippen LogP) is 2.32. The maximum Gasteiger partial charge on any atom is 0.244 e. The van der Waals surface area contributed by atoms with Crippen LogP contribution in [-0.2, 0) is 20.9 Å². The predicted molar refractivity (Wildman–Crippen MR) is 108 cm³/mol. The Kier molecular flexibility index (Phi) is 5.32. The second-order valence-electron chi connectivity index (χ2n) is 8.56. The molecule has 6 heteroatoms. The third kappa shape index (κ3) is 3.28. The van der Waals surface area contributed by atoms with E-state index in [0.717, 1.165) is 57.6 Å². The van der Waals surface area contributed by atoms with E-state index in [9.17, 15) is 9.59 Å². The van der Waals surface area contributed by atoms with Crippen molar-refractivity contribution in [1.82, 2.24) is 10.2 Å². The molecule has 1 aliphatic carbocycles. The third-order valence-corrected chi connectivity index (χ3v) is 6.54. The van der Waals surface area contributed by atoms with Crippen molar-refractivity contribution in [2.45, 2.75) is 58.2 Å². The van der Waals surface area contributed by atoms with Crippen LogP contribution in [0.2, 0.25) is 0 Å². The van der Waals surface area contributed by atoms with Gasteiger partial charge in [0.2, 0.25) is 11.8 Å². The highest BCUT2D eigenvalue weighted by atomic mass is 16.5. The van der Waals surface area contributed by atoms with Crippen LogP contribution in [0.15, 0.2) is 24.3 Å². The highest BCUT2D eigenvalue weighted by molar-refractivity contribution is 6.02. The van der Waals surface area contributed by atoms with Crippen LogP contribution in [0.1, 0.15) is 45.1 Å². The number of amides is 2. The number of β-lactam (4-membered cyclic amide) rings is 1. The van der Waals surface area contributed by atoms with E-state index in [1.54, 1.807) is 4.90 Å². The van der Waals surface area contributed by atoms with Crippen LogP contribution in [0.5, 0.6) is 0 Å². The van der Waals surface area contributed by atoms with Gasteiger partial charge in [-0.25, -0.2) is 0 Å². The summed E-state index contributed by atoms with van der Waals surface area (Å²) < 4.78 is 5.40. The van der Waals surface area contributed by atoms with Crippen LogP contribution in [-0.4, -0.2) is 55.1 Å². The van der Waals surface area contributed by atoms with Gasteiger partial charge in [-0.3, -0.25) is 9.59 Å². The zero-order valence-corrected chi connectivity index (χ0v) is 16.9. The van der Waals surface area contributed by atoms with Gasteiger partial charge in [-0.1, -0.05) is 25.0 Å². The topological polar surface area (TPSA) is 61.9 Å². The fraction of sp³-hybridized carbons (Fsp3) is 0.636. The molecule has 1 aromatic carbocycles. The first-order valence-corrected chi connectivity index (χ1v) is 10.5. The smallest absolute Gasteiger partial charge is 0.244 e. The number of carbonyl (C=O) groups is 2. The molecular weight excluding hydrogens is 354 g/mol. The molecule has 3 fully saturated rings. The molecule has 2 saturated heterocycles. The summed E-state index contributed by atoms with van der Waals surface area (Å²) >= 11 is 0. The van der Waals surface area contributed by atoms with E-state index in [-0.39, 0.29) is 23.9 Å². The number of carbonyl (C=O) groups excluding carboxylic acids is 2. The molecular formula is C22H31N3O3. The van der Waals surface area contributed by atoms with Gasteiger partial charge in [0, 0.05) is 31.4 Å². The lowest BCUT2D eigenvalue weighted by Crippen LogP contribution is -2.74. The van der Waals surface area contributed by atoms with Crippen LogP contribution in [0.25, 0.3) is 0 Å². The molecule has 1 aromatic rings. The minimum Gasteiger partial charge on any atom is -0.378 e. The molecule has 1 atom stereocenters. The van der Waals surface area contributed by atoms with E-state index in [2.05, 4.69) is 34.5 Å². The Labute approximate surface area is 167 Å². The zero-order valence-electron chi connectivity index (χ0n) is 16.9. The molecule has 152 valence electrons. The van der Waals surface area contributed by atoms with Crippen LogP contribution < -0.4 is 10.2 Å². The maximum absolute atomic E-state index is 13.0. The van der Waals surface area contributed by atoms with Gasteiger partial charge < -0.3 is 19.9 Å². The number of ether oxygens (including phenoxy) is 1. The van der Waals surface area contributed by atoms with Crippen molar-refractivity contribution in [3.8, 4) is 0 Å². The van der Waals surface area contributed by atoms with Crippen LogP contribution in [0.4, 0.5) is 5.69 Å². The van der Waals surface area contributed by atoms with Gasteiger partial charge in [-0.05, 0) is 44.4 Å². The summed E-state index contributed by atoms with van der Waals surface area (Å²) in [4.78, 5) is 29.8. The number of anilines is 1. The van der Waals surface area contributed by atoms with Gasteiger partial charge in [0.05, 0.1) is 18.6 Å². The molecule has 1 unspecified atom stereocenters. The van der Waals surface area contributed by atoms with Crippen LogP contribution in [0.3, 0.4) is 0 Å². The molecule has 0 bridgehead atoms. The lowest BCUT2D eigenvalue weighted by atomic mass is 9.68. The first-order valence-electron chi connectivity index (χ1n) is 10.5. The summed E-state index contributed by atoms with van der Waals surface area (Å²) in [5, 5.41) is 3.09. The monoisotopic (exact) mass is 385 g/mol. The standard InChI is InChI=1S/C22H31N3O3/c1-16(2)25-19(22(21(25)27)9-3-4-10-22)20(26)23-15-17-5-7-18(8-6-17)24-11-13-28-14-12-24/h5-8,16,19H,3-4,9-15H2,1-2H3,(H,23,26). The van der Waals surface area contributed by atoms with Gasteiger partial charge in [0.15, 0.2) is 0 Å². The van der Waals surface area contributed by atoms with Gasteiger partial charge in [-0.2, -0.15) is 0 Å². The van der Waals surface area contributed by atoms with Crippen molar-refractivity contribution in [1.29, 1.82) is 0 Å². The Bertz CT molecular complexity index is 719. The first kappa shape index (κ1) is 19.2. The Hall–Kier alpha value is -2.08. The largest absolute Gasteiger partial charge is 0.378 e. The molecule has 2 aliphatic heterocycles. The molecule has 1 N–H and O–H groups in total. The van der Waals surface area contributed by atoms with Gasteiger partial charge in [-0.15, -0.1) is 0 Å². The van der Waals surface area contributed by atoms with Crippen molar-refractivity contribution >= 4 is 17.5 Å². The van der Waals surface area contributed by atoms with Crippen molar-refractivity contribution in [2.75, 3.05) is 31.2 Å². The van der Waals surface area contributed by atoms with Crippen molar-refractivity contribution in [3.63, 3.8) is 0 Å². The molecule has 28 heavy (non-hydrogen) atoms. The molecule has 2 heterocycles. The summed E-state index contributed by atoms with van der Waals surface area (Å²) in [6.07, 6.45) is 3.79. The summed E-state index contributed by atoms with van der Waals surface area (Å²) in [6.45, 7) is 7.85. The van der Waals surface area contributed by atoms with Crippen LogP contribution in [0, 0.1) is 5.41 Å². The zero-order chi connectivity index (χ0) is 19.7. The molecule has 0 radical (unpaired) electrons. The molecule has 6 nitrogen and oxygen atoms in total. The highest BCUT2D eigenvalue weighted by Crippen LogP contribution is 2.52. The fourth-order valence-corrected chi connectivity index (χ4v) is 5.03. The number of nitrogens with one attached hydrogen (secondary N) is 1. The van der Waals surface area contributed by atoms with E-state index >= 15 is 0 Å². The van der Waals surface area contributed by atoms with E-state index in [4.69, 9.17) is 4.74 Å². The molecule has 4 rings (SSSR count). The minimum atomic E-state index is -0.436.